The molecule has 0 radical (unpaired) electrons. The van der Waals surface area contributed by atoms with Crippen molar-refractivity contribution in [2.75, 3.05) is 13.1 Å². The van der Waals surface area contributed by atoms with Crippen LogP contribution in [0, 0.1) is 0 Å². The summed E-state index contributed by atoms with van der Waals surface area (Å²) in [6.07, 6.45) is 4.35. The molecule has 0 bridgehead atoms. The molecule has 1 aromatic rings. The van der Waals surface area contributed by atoms with E-state index in [4.69, 9.17) is 0 Å². The smallest absolute Gasteiger partial charge is 0.191 e. The van der Waals surface area contributed by atoms with Crippen LogP contribution in [0.15, 0.2) is 11.3 Å². The van der Waals surface area contributed by atoms with Crippen LogP contribution in [0.3, 0.4) is 0 Å². The van der Waals surface area contributed by atoms with Gasteiger partial charge in [-0.15, -0.1) is 24.0 Å². The molecule has 1 aliphatic rings. The molecule has 0 aliphatic heterocycles. The first-order chi connectivity index (χ1) is 9.13. The van der Waals surface area contributed by atoms with Gasteiger partial charge >= 0.3 is 0 Å². The standard InChI is InChI=1S/C12H22N6O.HI/c1-3-13-11(15-8-12(19)5-4-6-12)14-7-10-16-9-17-18(10)2;/h9,19H,3-8H2,1-2H3,(H2,13,14,15);1H. The van der Waals surface area contributed by atoms with Crippen molar-refractivity contribution < 1.29 is 5.11 Å². The Morgan fingerprint density at radius 2 is 2.25 bits per heavy atom. The van der Waals surface area contributed by atoms with Crippen LogP contribution in [-0.2, 0) is 13.6 Å². The summed E-state index contributed by atoms with van der Waals surface area (Å²) in [7, 11) is 1.84. The average molecular weight is 394 g/mol. The maximum absolute atomic E-state index is 10.1. The van der Waals surface area contributed by atoms with Gasteiger partial charge in [0.2, 0.25) is 0 Å². The molecule has 0 atom stereocenters. The zero-order valence-electron chi connectivity index (χ0n) is 12.0. The highest BCUT2D eigenvalue weighted by molar-refractivity contribution is 14.0. The van der Waals surface area contributed by atoms with E-state index in [2.05, 4.69) is 25.7 Å². The van der Waals surface area contributed by atoms with E-state index < -0.39 is 5.60 Å². The Morgan fingerprint density at radius 3 is 2.75 bits per heavy atom. The van der Waals surface area contributed by atoms with Crippen LogP contribution < -0.4 is 10.6 Å². The molecule has 7 nitrogen and oxygen atoms in total. The molecule has 1 aromatic heterocycles. The molecule has 8 heteroatoms. The molecular formula is C12H23IN6O. The average Bonchev–Trinajstić information content (AvgIpc) is 2.76. The first kappa shape index (κ1) is 17.2. The SMILES string of the molecule is CCNC(=NCc1ncnn1C)NCC1(O)CCC1.I. The molecule has 1 saturated carbocycles. The van der Waals surface area contributed by atoms with Crippen LogP contribution in [0.4, 0.5) is 0 Å². The fourth-order valence-electron chi connectivity index (χ4n) is 1.96. The second-order valence-corrected chi connectivity index (χ2v) is 4.93. The summed E-state index contributed by atoms with van der Waals surface area (Å²) in [5.74, 6) is 1.50. The number of hydrogen-bond acceptors (Lipinski definition) is 4. The van der Waals surface area contributed by atoms with Crippen LogP contribution in [-0.4, -0.2) is 44.5 Å². The largest absolute Gasteiger partial charge is 0.388 e. The first-order valence-electron chi connectivity index (χ1n) is 6.70. The predicted octanol–water partition coefficient (Wildman–Crippen LogP) is 0.403. The summed E-state index contributed by atoms with van der Waals surface area (Å²) in [4.78, 5) is 8.56. The van der Waals surface area contributed by atoms with E-state index >= 15 is 0 Å². The van der Waals surface area contributed by atoms with Gasteiger partial charge in [0.1, 0.15) is 18.7 Å². The minimum absolute atomic E-state index is 0. The quantitative estimate of drug-likeness (QED) is 0.383. The van der Waals surface area contributed by atoms with Gasteiger partial charge in [0.25, 0.3) is 0 Å². The maximum atomic E-state index is 10.1. The van der Waals surface area contributed by atoms with E-state index in [-0.39, 0.29) is 24.0 Å². The van der Waals surface area contributed by atoms with E-state index in [0.29, 0.717) is 19.0 Å². The summed E-state index contributed by atoms with van der Waals surface area (Å²) in [6, 6.07) is 0. The fraction of sp³-hybridized carbons (Fsp3) is 0.750. The van der Waals surface area contributed by atoms with Crippen molar-refractivity contribution in [3.05, 3.63) is 12.2 Å². The van der Waals surface area contributed by atoms with Gasteiger partial charge < -0.3 is 15.7 Å². The van der Waals surface area contributed by atoms with Gasteiger partial charge in [-0.25, -0.2) is 9.98 Å². The Kier molecular flexibility index (Phi) is 6.66. The lowest BCUT2D eigenvalue weighted by molar-refractivity contribution is -0.0279. The zero-order valence-corrected chi connectivity index (χ0v) is 14.3. The molecule has 1 fully saturated rings. The normalized spacial score (nSPS) is 17.1. The molecule has 0 saturated heterocycles. The Bertz CT molecular complexity index is 443. The van der Waals surface area contributed by atoms with Crippen molar-refractivity contribution >= 4 is 29.9 Å². The van der Waals surface area contributed by atoms with Gasteiger partial charge in [-0.3, -0.25) is 4.68 Å². The van der Waals surface area contributed by atoms with E-state index in [9.17, 15) is 5.11 Å². The topological polar surface area (TPSA) is 87.4 Å². The fourth-order valence-corrected chi connectivity index (χ4v) is 1.96. The van der Waals surface area contributed by atoms with Crippen LogP contribution in [0.2, 0.25) is 0 Å². The van der Waals surface area contributed by atoms with Gasteiger partial charge in [-0.2, -0.15) is 5.10 Å². The highest BCUT2D eigenvalue weighted by Crippen LogP contribution is 2.30. The molecular weight excluding hydrogens is 371 g/mol. The van der Waals surface area contributed by atoms with Crippen LogP contribution in [0.5, 0.6) is 0 Å². The van der Waals surface area contributed by atoms with E-state index in [1.807, 2.05) is 14.0 Å². The Balaban J connectivity index is 0.00000200. The Morgan fingerprint density at radius 1 is 1.50 bits per heavy atom. The number of aliphatic hydroxyl groups is 1. The predicted molar refractivity (Wildman–Crippen MR) is 88.0 cm³/mol. The number of aryl methyl sites for hydroxylation is 1. The number of aromatic nitrogens is 3. The number of nitrogens with one attached hydrogen (secondary N) is 2. The molecule has 1 heterocycles. The number of nitrogens with zero attached hydrogens (tertiary/aromatic N) is 4. The van der Waals surface area contributed by atoms with Gasteiger partial charge in [0.05, 0.1) is 5.60 Å². The third-order valence-corrected chi connectivity index (χ3v) is 3.40. The number of halogens is 1. The minimum Gasteiger partial charge on any atom is -0.388 e. The summed E-state index contributed by atoms with van der Waals surface area (Å²) >= 11 is 0. The molecule has 0 amide bonds. The summed E-state index contributed by atoms with van der Waals surface area (Å²) < 4.78 is 1.70. The van der Waals surface area contributed by atoms with E-state index in [1.165, 1.54) is 6.33 Å². The molecule has 2 rings (SSSR count). The summed E-state index contributed by atoms with van der Waals surface area (Å²) in [5, 5.41) is 20.4. The Labute approximate surface area is 136 Å². The monoisotopic (exact) mass is 394 g/mol. The molecule has 20 heavy (non-hydrogen) atoms. The van der Waals surface area contributed by atoms with Gasteiger partial charge in [-0.1, -0.05) is 0 Å². The van der Waals surface area contributed by atoms with Crippen LogP contribution in [0.25, 0.3) is 0 Å². The molecule has 3 N–H and O–H groups in total. The van der Waals surface area contributed by atoms with Gasteiger partial charge in [-0.05, 0) is 26.2 Å². The van der Waals surface area contributed by atoms with Crippen molar-refractivity contribution in [1.29, 1.82) is 0 Å². The lowest BCUT2D eigenvalue weighted by atomic mass is 9.80. The van der Waals surface area contributed by atoms with Gasteiger partial charge in [0, 0.05) is 20.1 Å². The zero-order chi connectivity index (χ0) is 13.7. The molecule has 0 aromatic carbocycles. The van der Waals surface area contributed by atoms with Gasteiger partial charge in [0.15, 0.2) is 5.96 Å². The lowest BCUT2D eigenvalue weighted by Crippen LogP contribution is -2.50. The van der Waals surface area contributed by atoms with Crippen molar-refractivity contribution in [2.45, 2.75) is 38.3 Å². The van der Waals surface area contributed by atoms with Crippen molar-refractivity contribution in [2.24, 2.45) is 12.0 Å². The number of aliphatic imine (C=N–C) groups is 1. The highest BCUT2D eigenvalue weighted by atomic mass is 127. The third kappa shape index (κ3) is 4.58. The second-order valence-electron chi connectivity index (χ2n) is 4.93. The number of guanidine groups is 1. The van der Waals surface area contributed by atoms with E-state index in [0.717, 1.165) is 31.6 Å². The lowest BCUT2D eigenvalue weighted by Gasteiger charge is -2.36. The number of hydrogen-bond donors (Lipinski definition) is 3. The van der Waals surface area contributed by atoms with Crippen molar-refractivity contribution in [1.82, 2.24) is 25.4 Å². The molecule has 0 unspecified atom stereocenters. The summed E-state index contributed by atoms with van der Waals surface area (Å²) in [5.41, 5.74) is -0.555. The third-order valence-electron chi connectivity index (χ3n) is 3.40. The number of rotatable bonds is 5. The molecule has 1 aliphatic carbocycles. The summed E-state index contributed by atoms with van der Waals surface area (Å²) in [6.45, 7) is 3.79. The molecule has 114 valence electrons. The van der Waals surface area contributed by atoms with Crippen LogP contribution in [0.1, 0.15) is 32.0 Å². The Hall–Kier alpha value is -0.900. The highest BCUT2D eigenvalue weighted by Gasteiger charge is 2.34. The van der Waals surface area contributed by atoms with E-state index in [1.54, 1.807) is 4.68 Å². The van der Waals surface area contributed by atoms with Crippen molar-refractivity contribution in [3.8, 4) is 0 Å². The maximum Gasteiger partial charge on any atom is 0.191 e. The van der Waals surface area contributed by atoms with Crippen molar-refractivity contribution in [3.63, 3.8) is 0 Å². The molecule has 0 spiro atoms. The first-order valence-corrected chi connectivity index (χ1v) is 6.70. The second kappa shape index (κ2) is 7.77. The van der Waals surface area contributed by atoms with Crippen LogP contribution >= 0.6 is 24.0 Å². The minimum atomic E-state index is -0.555.